The maximum atomic E-state index is 12.0. The predicted molar refractivity (Wildman–Crippen MR) is 90.6 cm³/mol. The molecule has 2 aromatic heterocycles. The molecule has 0 aliphatic carbocycles. The second-order valence-electron chi connectivity index (χ2n) is 4.69. The summed E-state index contributed by atoms with van der Waals surface area (Å²) in [4.78, 5) is 17.4. The van der Waals surface area contributed by atoms with Crippen LogP contribution in [0.2, 0.25) is 5.02 Å². The van der Waals surface area contributed by atoms with Crippen LogP contribution in [0.25, 0.3) is 11.1 Å². The molecule has 0 aliphatic heterocycles. The van der Waals surface area contributed by atoms with Crippen molar-refractivity contribution >= 4 is 51.7 Å². The highest BCUT2D eigenvalue weighted by Gasteiger charge is 2.13. The molecule has 3 aromatic rings. The fourth-order valence-corrected chi connectivity index (χ4v) is 3.51. The van der Waals surface area contributed by atoms with Gasteiger partial charge < -0.3 is 9.73 Å². The maximum absolute atomic E-state index is 12.0. The van der Waals surface area contributed by atoms with Crippen LogP contribution in [-0.4, -0.2) is 16.6 Å². The Kier molecular flexibility index (Phi) is 4.71. The molecule has 0 radical (unpaired) electrons. The molecule has 0 spiro atoms. The largest absolute Gasteiger partial charge is 0.431 e. The lowest BCUT2D eigenvalue weighted by atomic mass is 10.3. The van der Waals surface area contributed by atoms with Gasteiger partial charge in [0.1, 0.15) is 5.52 Å². The summed E-state index contributed by atoms with van der Waals surface area (Å²) in [6.45, 7) is 1.97. The van der Waals surface area contributed by atoms with Crippen LogP contribution >= 0.6 is 34.7 Å². The van der Waals surface area contributed by atoms with Crippen LogP contribution < -0.4 is 5.32 Å². The lowest BCUT2D eigenvalue weighted by Gasteiger charge is -2.11. The lowest BCUT2D eigenvalue weighted by Crippen LogP contribution is -2.27. The summed E-state index contributed by atoms with van der Waals surface area (Å²) in [5.41, 5.74) is 1.36. The van der Waals surface area contributed by atoms with E-state index in [1.807, 2.05) is 24.4 Å². The van der Waals surface area contributed by atoms with Gasteiger partial charge in [0.15, 0.2) is 5.58 Å². The number of nitrogens with zero attached hydrogens (tertiary/aromatic N) is 1. The van der Waals surface area contributed by atoms with Gasteiger partial charge in [-0.05, 0) is 36.6 Å². The number of halogens is 1. The number of aromatic nitrogens is 1. The van der Waals surface area contributed by atoms with Crippen LogP contribution in [0.4, 0.5) is 0 Å². The third-order valence-corrected chi connectivity index (χ3v) is 5.12. The molecule has 1 aromatic carbocycles. The molecule has 0 bridgehead atoms. The first-order valence-electron chi connectivity index (χ1n) is 6.63. The van der Waals surface area contributed by atoms with Crippen molar-refractivity contribution in [2.24, 2.45) is 0 Å². The molecule has 0 saturated heterocycles. The van der Waals surface area contributed by atoms with Crippen molar-refractivity contribution in [3.8, 4) is 0 Å². The zero-order chi connectivity index (χ0) is 15.5. The van der Waals surface area contributed by atoms with Gasteiger partial charge in [0.25, 0.3) is 5.22 Å². The third kappa shape index (κ3) is 3.63. The molecule has 7 heteroatoms. The molecule has 1 amide bonds. The molecule has 1 unspecified atom stereocenters. The van der Waals surface area contributed by atoms with Gasteiger partial charge in [-0.3, -0.25) is 4.79 Å². The molecule has 4 nitrogen and oxygen atoms in total. The number of thiophene rings is 1. The Balaban J connectivity index is 1.58. The van der Waals surface area contributed by atoms with Crippen molar-refractivity contribution in [1.82, 2.24) is 10.3 Å². The first-order valence-corrected chi connectivity index (χ1v) is 8.88. The Bertz CT molecular complexity index is 786. The van der Waals surface area contributed by atoms with Gasteiger partial charge in [-0.1, -0.05) is 29.4 Å². The Hall–Kier alpha value is -1.50. The number of nitrogens with one attached hydrogen (secondary N) is 1. The van der Waals surface area contributed by atoms with E-state index >= 15 is 0 Å². The van der Waals surface area contributed by atoms with E-state index in [-0.39, 0.29) is 17.7 Å². The monoisotopic (exact) mass is 352 g/mol. The SMILES string of the molecule is CC(NC(=O)CSc1nc2cc(Cl)ccc2o1)c1cccs1. The summed E-state index contributed by atoms with van der Waals surface area (Å²) in [6, 6.07) is 9.25. The highest BCUT2D eigenvalue weighted by molar-refractivity contribution is 7.99. The third-order valence-electron chi connectivity index (χ3n) is 3.00. The highest BCUT2D eigenvalue weighted by Crippen LogP contribution is 2.25. The normalized spacial score (nSPS) is 12.5. The van der Waals surface area contributed by atoms with E-state index in [1.165, 1.54) is 11.8 Å². The molecule has 0 aliphatic rings. The Morgan fingerprint density at radius 3 is 3.14 bits per heavy atom. The molecular weight excluding hydrogens is 340 g/mol. The molecular formula is C15H13ClN2O2S2. The number of carbonyl (C=O) groups excluding carboxylic acids is 1. The molecule has 1 atom stereocenters. The smallest absolute Gasteiger partial charge is 0.257 e. The molecule has 3 rings (SSSR count). The summed E-state index contributed by atoms with van der Waals surface area (Å²) in [5.74, 6) is 0.210. The van der Waals surface area contributed by atoms with E-state index < -0.39 is 0 Å². The van der Waals surface area contributed by atoms with Gasteiger partial charge in [0.2, 0.25) is 5.91 Å². The number of benzene rings is 1. The Morgan fingerprint density at radius 2 is 2.36 bits per heavy atom. The number of rotatable bonds is 5. The Morgan fingerprint density at radius 1 is 1.50 bits per heavy atom. The number of hydrogen-bond donors (Lipinski definition) is 1. The van der Waals surface area contributed by atoms with E-state index in [0.717, 1.165) is 4.88 Å². The Labute approximate surface area is 140 Å². The van der Waals surface area contributed by atoms with Crippen molar-refractivity contribution in [3.05, 3.63) is 45.6 Å². The van der Waals surface area contributed by atoms with Gasteiger partial charge in [-0.15, -0.1) is 11.3 Å². The molecule has 1 N–H and O–H groups in total. The van der Waals surface area contributed by atoms with Crippen LogP contribution in [0.5, 0.6) is 0 Å². The molecule has 0 fully saturated rings. The summed E-state index contributed by atoms with van der Waals surface area (Å²) in [6.07, 6.45) is 0. The first-order chi connectivity index (χ1) is 10.6. The second-order valence-corrected chi connectivity index (χ2v) is 7.03. The van der Waals surface area contributed by atoms with Crippen molar-refractivity contribution in [3.63, 3.8) is 0 Å². The summed E-state index contributed by atoms with van der Waals surface area (Å²) < 4.78 is 5.57. The number of fused-ring (bicyclic) bond motifs is 1. The number of oxazole rings is 1. The van der Waals surface area contributed by atoms with E-state index in [9.17, 15) is 4.79 Å². The van der Waals surface area contributed by atoms with E-state index in [0.29, 0.717) is 21.3 Å². The zero-order valence-electron chi connectivity index (χ0n) is 11.7. The predicted octanol–water partition coefficient (Wildman–Crippen LogP) is 4.51. The number of hydrogen-bond acceptors (Lipinski definition) is 5. The average Bonchev–Trinajstić information content (AvgIpc) is 3.13. The van der Waals surface area contributed by atoms with Crippen LogP contribution in [0.3, 0.4) is 0 Å². The minimum Gasteiger partial charge on any atom is -0.431 e. The molecule has 114 valence electrons. The van der Waals surface area contributed by atoms with Crippen LogP contribution in [0.1, 0.15) is 17.8 Å². The molecule has 22 heavy (non-hydrogen) atoms. The van der Waals surface area contributed by atoms with Gasteiger partial charge >= 0.3 is 0 Å². The van der Waals surface area contributed by atoms with Crippen molar-refractivity contribution in [2.75, 3.05) is 5.75 Å². The van der Waals surface area contributed by atoms with E-state index in [4.69, 9.17) is 16.0 Å². The first kappa shape index (κ1) is 15.4. The number of carbonyl (C=O) groups is 1. The van der Waals surface area contributed by atoms with E-state index in [2.05, 4.69) is 10.3 Å². The van der Waals surface area contributed by atoms with Crippen LogP contribution in [0.15, 0.2) is 45.4 Å². The molecule has 2 heterocycles. The van der Waals surface area contributed by atoms with Crippen LogP contribution in [-0.2, 0) is 4.79 Å². The zero-order valence-corrected chi connectivity index (χ0v) is 14.1. The van der Waals surface area contributed by atoms with Gasteiger partial charge in [0, 0.05) is 9.90 Å². The molecule has 0 saturated carbocycles. The van der Waals surface area contributed by atoms with Gasteiger partial charge in [-0.25, -0.2) is 4.98 Å². The lowest BCUT2D eigenvalue weighted by molar-refractivity contribution is -0.119. The highest BCUT2D eigenvalue weighted by atomic mass is 35.5. The van der Waals surface area contributed by atoms with Crippen LogP contribution in [0, 0.1) is 0 Å². The maximum Gasteiger partial charge on any atom is 0.257 e. The minimum absolute atomic E-state index is 0.00976. The fourth-order valence-electron chi connectivity index (χ4n) is 1.96. The standard InChI is InChI=1S/C15H13ClN2O2S2/c1-9(13-3-2-6-21-13)17-14(19)8-22-15-18-11-7-10(16)4-5-12(11)20-15/h2-7,9H,8H2,1H3,(H,17,19). The van der Waals surface area contributed by atoms with Gasteiger partial charge in [-0.2, -0.15) is 0 Å². The van der Waals surface area contributed by atoms with Crippen molar-refractivity contribution in [2.45, 2.75) is 18.2 Å². The van der Waals surface area contributed by atoms with Crippen molar-refractivity contribution in [1.29, 1.82) is 0 Å². The number of amides is 1. The quantitative estimate of drug-likeness (QED) is 0.686. The summed E-state index contributed by atoms with van der Waals surface area (Å²) in [7, 11) is 0. The van der Waals surface area contributed by atoms with Gasteiger partial charge in [0.05, 0.1) is 11.8 Å². The van der Waals surface area contributed by atoms with E-state index in [1.54, 1.807) is 29.5 Å². The summed E-state index contributed by atoms with van der Waals surface area (Å²) >= 11 is 8.81. The second kappa shape index (κ2) is 6.73. The topological polar surface area (TPSA) is 55.1 Å². The number of thioether (sulfide) groups is 1. The minimum atomic E-state index is -0.0498. The van der Waals surface area contributed by atoms with Crippen molar-refractivity contribution < 1.29 is 9.21 Å². The average molecular weight is 353 g/mol. The fraction of sp³-hybridized carbons (Fsp3) is 0.200. The summed E-state index contributed by atoms with van der Waals surface area (Å²) in [5, 5.41) is 6.03.